The van der Waals surface area contributed by atoms with Crippen LogP contribution >= 0.6 is 11.6 Å². The van der Waals surface area contributed by atoms with Crippen LogP contribution in [0.15, 0.2) is 40.8 Å². The lowest BCUT2D eigenvalue weighted by molar-refractivity contribution is -0.111. The van der Waals surface area contributed by atoms with Crippen molar-refractivity contribution in [2.24, 2.45) is 0 Å². The Balaban J connectivity index is 1.75. The molecule has 3 rings (SSSR count). The predicted molar refractivity (Wildman–Crippen MR) is 95.6 cm³/mol. The van der Waals surface area contributed by atoms with Crippen LogP contribution in [0, 0.1) is 6.92 Å². The van der Waals surface area contributed by atoms with Crippen molar-refractivity contribution in [3.05, 3.63) is 53.0 Å². The zero-order valence-corrected chi connectivity index (χ0v) is 14.2. The third-order valence-corrected chi connectivity index (χ3v) is 4.04. The van der Waals surface area contributed by atoms with E-state index in [0.717, 1.165) is 24.5 Å². The summed E-state index contributed by atoms with van der Waals surface area (Å²) in [6, 6.07) is 9.16. The van der Waals surface area contributed by atoms with E-state index in [4.69, 9.17) is 20.8 Å². The molecular formula is C18H19ClN2O3. The monoisotopic (exact) mass is 346 g/mol. The summed E-state index contributed by atoms with van der Waals surface area (Å²) in [5.74, 6) is 1.21. The molecule has 6 heteroatoms. The largest absolute Gasteiger partial charge is 0.462 e. The van der Waals surface area contributed by atoms with Crippen LogP contribution in [0.1, 0.15) is 11.5 Å². The summed E-state index contributed by atoms with van der Waals surface area (Å²) >= 11 is 6.36. The van der Waals surface area contributed by atoms with E-state index in [1.165, 1.54) is 6.08 Å². The molecule has 0 spiro atoms. The number of ether oxygens (including phenoxy) is 1. The molecule has 0 radical (unpaired) electrons. The first kappa shape index (κ1) is 16.6. The first-order valence-electron chi connectivity index (χ1n) is 7.80. The molecule has 1 aromatic heterocycles. The molecule has 0 saturated carbocycles. The number of hydrogen-bond donors (Lipinski definition) is 1. The lowest BCUT2D eigenvalue weighted by atomic mass is 10.2. The van der Waals surface area contributed by atoms with Crippen LogP contribution in [0.2, 0.25) is 5.02 Å². The Morgan fingerprint density at radius 1 is 1.25 bits per heavy atom. The van der Waals surface area contributed by atoms with Gasteiger partial charge in [0.15, 0.2) is 0 Å². The number of carbonyl (C=O) groups is 1. The summed E-state index contributed by atoms with van der Waals surface area (Å²) in [4.78, 5) is 14.3. The van der Waals surface area contributed by atoms with Gasteiger partial charge in [-0.15, -0.1) is 0 Å². The molecule has 1 aliphatic rings. The Labute approximate surface area is 145 Å². The van der Waals surface area contributed by atoms with E-state index in [9.17, 15) is 4.79 Å². The average Bonchev–Trinajstić information content (AvgIpc) is 2.99. The van der Waals surface area contributed by atoms with Gasteiger partial charge in [-0.1, -0.05) is 17.7 Å². The van der Waals surface area contributed by atoms with Gasteiger partial charge in [0.1, 0.15) is 11.5 Å². The molecule has 5 nitrogen and oxygen atoms in total. The smallest absolute Gasteiger partial charge is 0.248 e. The van der Waals surface area contributed by atoms with E-state index in [1.807, 2.05) is 37.3 Å². The maximum Gasteiger partial charge on any atom is 0.248 e. The third kappa shape index (κ3) is 3.99. The minimum Gasteiger partial charge on any atom is -0.462 e. The number of amides is 1. The summed E-state index contributed by atoms with van der Waals surface area (Å²) in [6.07, 6.45) is 3.09. The Morgan fingerprint density at radius 3 is 2.75 bits per heavy atom. The van der Waals surface area contributed by atoms with Crippen LogP contribution in [0.3, 0.4) is 0 Å². The molecule has 1 fully saturated rings. The lowest BCUT2D eigenvalue weighted by Crippen LogP contribution is -2.37. The van der Waals surface area contributed by atoms with E-state index in [0.29, 0.717) is 29.7 Å². The minimum absolute atomic E-state index is 0.235. The number of para-hydroxylation sites is 1. The zero-order chi connectivity index (χ0) is 16.9. The average molecular weight is 347 g/mol. The van der Waals surface area contributed by atoms with Crippen LogP contribution < -0.4 is 10.2 Å². The number of rotatable bonds is 4. The van der Waals surface area contributed by atoms with E-state index in [2.05, 4.69) is 10.2 Å². The van der Waals surface area contributed by atoms with Crippen molar-refractivity contribution in [2.45, 2.75) is 6.92 Å². The molecule has 1 aliphatic heterocycles. The highest BCUT2D eigenvalue weighted by Gasteiger charge is 2.18. The minimum atomic E-state index is -0.235. The maximum absolute atomic E-state index is 12.2. The number of anilines is 2. The number of morpholine rings is 1. The van der Waals surface area contributed by atoms with Crippen molar-refractivity contribution in [2.75, 3.05) is 36.5 Å². The molecule has 1 aromatic carbocycles. The first-order valence-corrected chi connectivity index (χ1v) is 8.18. The Kier molecular flexibility index (Phi) is 5.23. The fraction of sp³-hybridized carbons (Fsp3) is 0.278. The van der Waals surface area contributed by atoms with Gasteiger partial charge in [-0.05, 0) is 37.3 Å². The highest BCUT2D eigenvalue weighted by Crippen LogP contribution is 2.34. The number of nitrogens with one attached hydrogen (secondary N) is 1. The maximum atomic E-state index is 12.2. The van der Waals surface area contributed by atoms with E-state index >= 15 is 0 Å². The number of halogens is 1. The second-order valence-electron chi connectivity index (χ2n) is 5.51. The molecule has 0 bridgehead atoms. The molecule has 1 N–H and O–H groups in total. The lowest BCUT2D eigenvalue weighted by Gasteiger charge is -2.31. The zero-order valence-electron chi connectivity index (χ0n) is 13.4. The van der Waals surface area contributed by atoms with Crippen molar-refractivity contribution in [1.29, 1.82) is 0 Å². The van der Waals surface area contributed by atoms with Crippen molar-refractivity contribution in [3.63, 3.8) is 0 Å². The summed E-state index contributed by atoms with van der Waals surface area (Å²) < 4.78 is 10.8. The Bertz CT molecular complexity index is 748. The first-order chi connectivity index (χ1) is 11.6. The van der Waals surface area contributed by atoms with Crippen LogP contribution in [-0.2, 0) is 9.53 Å². The van der Waals surface area contributed by atoms with Gasteiger partial charge in [0, 0.05) is 19.2 Å². The van der Waals surface area contributed by atoms with Gasteiger partial charge in [0.25, 0.3) is 0 Å². The molecular weight excluding hydrogens is 328 g/mol. The molecule has 2 aromatic rings. The quantitative estimate of drug-likeness (QED) is 0.857. The fourth-order valence-electron chi connectivity index (χ4n) is 2.60. The van der Waals surface area contributed by atoms with Crippen molar-refractivity contribution >= 4 is 35.0 Å². The SMILES string of the molecule is Cc1ccc(/C=C/C(=O)Nc2cccc(Cl)c2N2CCOCC2)o1. The van der Waals surface area contributed by atoms with Crippen molar-refractivity contribution in [3.8, 4) is 0 Å². The molecule has 1 saturated heterocycles. The van der Waals surface area contributed by atoms with Gasteiger partial charge < -0.3 is 19.4 Å². The van der Waals surface area contributed by atoms with Gasteiger partial charge in [-0.25, -0.2) is 0 Å². The molecule has 0 aliphatic carbocycles. The second-order valence-corrected chi connectivity index (χ2v) is 5.91. The summed E-state index contributed by atoms with van der Waals surface area (Å²) in [7, 11) is 0. The van der Waals surface area contributed by atoms with Gasteiger partial charge in [0.05, 0.1) is 29.6 Å². The number of carbonyl (C=O) groups excluding carboxylic acids is 1. The second kappa shape index (κ2) is 7.55. The van der Waals surface area contributed by atoms with E-state index in [-0.39, 0.29) is 5.91 Å². The topological polar surface area (TPSA) is 54.7 Å². The summed E-state index contributed by atoms with van der Waals surface area (Å²) in [5, 5.41) is 3.50. The highest BCUT2D eigenvalue weighted by atomic mass is 35.5. The van der Waals surface area contributed by atoms with E-state index in [1.54, 1.807) is 6.08 Å². The molecule has 24 heavy (non-hydrogen) atoms. The van der Waals surface area contributed by atoms with Gasteiger partial charge in [-0.2, -0.15) is 0 Å². The highest BCUT2D eigenvalue weighted by molar-refractivity contribution is 6.34. The molecule has 126 valence electrons. The molecule has 0 unspecified atom stereocenters. The van der Waals surface area contributed by atoms with Crippen molar-refractivity contribution < 1.29 is 13.9 Å². The number of furan rings is 1. The standard InChI is InChI=1S/C18H19ClN2O3/c1-13-5-6-14(24-13)7-8-17(22)20-16-4-2-3-15(19)18(16)21-9-11-23-12-10-21/h2-8H,9-12H2,1H3,(H,20,22)/b8-7+. The molecule has 1 amide bonds. The third-order valence-electron chi connectivity index (χ3n) is 3.73. The summed E-state index contributed by atoms with van der Waals surface area (Å²) in [6.45, 7) is 4.65. The van der Waals surface area contributed by atoms with E-state index < -0.39 is 0 Å². The Hall–Kier alpha value is -2.24. The normalized spacial score (nSPS) is 15.0. The fourth-order valence-corrected chi connectivity index (χ4v) is 2.89. The van der Waals surface area contributed by atoms with Crippen LogP contribution in [0.5, 0.6) is 0 Å². The van der Waals surface area contributed by atoms with Crippen molar-refractivity contribution in [1.82, 2.24) is 0 Å². The molecule has 0 atom stereocenters. The van der Waals surface area contributed by atoms with Crippen LogP contribution in [0.4, 0.5) is 11.4 Å². The number of hydrogen-bond acceptors (Lipinski definition) is 4. The number of aryl methyl sites for hydroxylation is 1. The molecule has 2 heterocycles. The Morgan fingerprint density at radius 2 is 2.04 bits per heavy atom. The van der Waals surface area contributed by atoms with Gasteiger partial charge in [0.2, 0.25) is 5.91 Å². The number of benzene rings is 1. The number of nitrogens with zero attached hydrogens (tertiary/aromatic N) is 1. The predicted octanol–water partition coefficient (Wildman–Crippen LogP) is 3.73. The van der Waals surface area contributed by atoms with Crippen LogP contribution in [0.25, 0.3) is 6.08 Å². The van der Waals surface area contributed by atoms with Gasteiger partial charge >= 0.3 is 0 Å². The summed E-state index contributed by atoms with van der Waals surface area (Å²) in [5.41, 5.74) is 1.52. The van der Waals surface area contributed by atoms with Crippen LogP contribution in [-0.4, -0.2) is 32.2 Å². The van der Waals surface area contributed by atoms with Gasteiger partial charge in [-0.3, -0.25) is 4.79 Å².